The Kier molecular flexibility index (Phi) is 6.12. The second kappa shape index (κ2) is 9.36. The van der Waals surface area contributed by atoms with E-state index in [0.717, 1.165) is 54.1 Å². The number of nitrogens with two attached hydrogens (primary N) is 1. The Morgan fingerprint density at radius 2 is 1.88 bits per heavy atom. The Hall–Kier alpha value is -3.56. The van der Waals surface area contributed by atoms with Gasteiger partial charge in [-0.2, -0.15) is 0 Å². The predicted molar refractivity (Wildman–Crippen MR) is 136 cm³/mol. The van der Waals surface area contributed by atoms with Crippen molar-refractivity contribution in [2.75, 3.05) is 38.3 Å². The number of carbonyl (C=O) groups is 2. The molecule has 2 amide bonds. The average Bonchev–Trinajstić information content (AvgIpc) is 3.32. The van der Waals surface area contributed by atoms with E-state index >= 15 is 0 Å². The zero-order chi connectivity index (χ0) is 23.7. The largest absolute Gasteiger partial charge is 0.378 e. The van der Waals surface area contributed by atoms with Crippen LogP contribution in [0.25, 0.3) is 17.0 Å². The number of aromatic nitrogens is 1. The van der Waals surface area contributed by atoms with Crippen LogP contribution in [0.4, 0.5) is 11.4 Å². The van der Waals surface area contributed by atoms with Gasteiger partial charge >= 0.3 is 0 Å². The van der Waals surface area contributed by atoms with Crippen molar-refractivity contribution in [3.05, 3.63) is 65.2 Å². The maximum atomic E-state index is 12.9. The van der Waals surface area contributed by atoms with E-state index in [1.165, 1.54) is 11.8 Å². The second-order valence-corrected chi connectivity index (χ2v) is 9.19. The summed E-state index contributed by atoms with van der Waals surface area (Å²) in [7, 11) is 1.73. The molecule has 3 heterocycles. The summed E-state index contributed by atoms with van der Waals surface area (Å²) in [5.41, 5.74) is 9.09. The van der Waals surface area contributed by atoms with E-state index in [9.17, 15) is 9.59 Å². The molecule has 2 aliphatic heterocycles. The molecule has 5 rings (SSSR count). The molecule has 0 unspecified atom stereocenters. The zero-order valence-corrected chi connectivity index (χ0v) is 19.6. The number of hydrogen-bond donors (Lipinski definition) is 1. The summed E-state index contributed by atoms with van der Waals surface area (Å²) < 4.78 is 7.23. The molecule has 0 radical (unpaired) electrons. The first-order valence-corrected chi connectivity index (χ1v) is 11.9. The number of thioether (sulfide) groups is 1. The minimum atomic E-state index is -0.417. The van der Waals surface area contributed by atoms with Crippen molar-refractivity contribution in [2.45, 2.75) is 6.54 Å². The molecule has 0 atom stereocenters. The third-order valence-electron chi connectivity index (χ3n) is 5.89. The number of nitrogens with zero attached hydrogens (tertiary/aromatic N) is 4. The van der Waals surface area contributed by atoms with E-state index in [1.54, 1.807) is 11.9 Å². The van der Waals surface area contributed by atoms with Gasteiger partial charge in [0.2, 0.25) is 5.91 Å². The maximum absolute atomic E-state index is 12.9. The monoisotopic (exact) mass is 475 g/mol. The van der Waals surface area contributed by atoms with Gasteiger partial charge in [-0.1, -0.05) is 18.2 Å². The molecule has 2 N–H and O–H groups in total. The minimum absolute atomic E-state index is 0.0812. The number of amides is 2. The summed E-state index contributed by atoms with van der Waals surface area (Å²) in [6.45, 7) is 3.32. The Labute approximate surface area is 201 Å². The van der Waals surface area contributed by atoms with Crippen molar-refractivity contribution in [2.24, 2.45) is 10.7 Å². The highest BCUT2D eigenvalue weighted by atomic mass is 32.2. The van der Waals surface area contributed by atoms with Gasteiger partial charge in [0.05, 0.1) is 23.8 Å². The molecule has 2 aliphatic rings. The number of aliphatic imine (C=N–C) groups is 1. The summed E-state index contributed by atoms with van der Waals surface area (Å²) in [4.78, 5) is 33.6. The van der Waals surface area contributed by atoms with Crippen LogP contribution in [0, 0.1) is 0 Å². The fourth-order valence-corrected chi connectivity index (χ4v) is 5.13. The van der Waals surface area contributed by atoms with Crippen LogP contribution in [0.1, 0.15) is 5.56 Å². The molecule has 8 nitrogen and oxygen atoms in total. The maximum Gasteiger partial charge on any atom is 0.266 e. The highest BCUT2D eigenvalue weighted by Crippen LogP contribution is 2.35. The number of para-hydroxylation sites is 1. The zero-order valence-electron chi connectivity index (χ0n) is 18.8. The summed E-state index contributed by atoms with van der Waals surface area (Å²) >= 11 is 1.34. The number of fused-ring (bicyclic) bond motifs is 1. The van der Waals surface area contributed by atoms with Crippen molar-refractivity contribution in [3.63, 3.8) is 0 Å². The van der Waals surface area contributed by atoms with Gasteiger partial charge in [0.15, 0.2) is 5.17 Å². The third kappa shape index (κ3) is 4.44. The van der Waals surface area contributed by atoms with Crippen LogP contribution >= 0.6 is 11.8 Å². The lowest BCUT2D eigenvalue weighted by molar-refractivity contribution is -0.121. The van der Waals surface area contributed by atoms with Crippen molar-refractivity contribution in [1.82, 2.24) is 9.47 Å². The lowest BCUT2D eigenvalue weighted by atomic mass is 10.1. The van der Waals surface area contributed by atoms with E-state index in [2.05, 4.69) is 17.0 Å². The molecule has 2 fully saturated rings. The van der Waals surface area contributed by atoms with Crippen molar-refractivity contribution in [1.29, 1.82) is 0 Å². The number of ether oxygens (including phenoxy) is 1. The van der Waals surface area contributed by atoms with E-state index < -0.39 is 5.91 Å². The van der Waals surface area contributed by atoms with Gasteiger partial charge in [-0.3, -0.25) is 14.5 Å². The lowest BCUT2D eigenvalue weighted by Crippen LogP contribution is -2.36. The van der Waals surface area contributed by atoms with Crippen LogP contribution in [0.5, 0.6) is 0 Å². The summed E-state index contributed by atoms with van der Waals surface area (Å²) in [5.74, 6) is -0.527. The van der Waals surface area contributed by atoms with Gasteiger partial charge < -0.3 is 19.9 Å². The van der Waals surface area contributed by atoms with E-state index in [-0.39, 0.29) is 12.5 Å². The molecule has 174 valence electrons. The van der Waals surface area contributed by atoms with Gasteiger partial charge in [-0.15, -0.1) is 0 Å². The molecule has 2 aromatic carbocycles. The molecule has 34 heavy (non-hydrogen) atoms. The summed E-state index contributed by atoms with van der Waals surface area (Å²) in [5, 5.41) is 1.58. The van der Waals surface area contributed by atoms with Gasteiger partial charge in [0.25, 0.3) is 5.91 Å². The molecule has 2 saturated heterocycles. The Balaban J connectivity index is 1.40. The Morgan fingerprint density at radius 1 is 1.15 bits per heavy atom. The smallest absolute Gasteiger partial charge is 0.266 e. The SMILES string of the molecule is CN1C(=O)C(=Cc2cn(CC(N)=O)c3ccccc23)SC1=Nc1ccc(N2CCOCC2)cc1. The van der Waals surface area contributed by atoms with Crippen LogP contribution in [0.2, 0.25) is 0 Å². The number of rotatable bonds is 5. The molecule has 0 aliphatic carbocycles. The van der Waals surface area contributed by atoms with Gasteiger partial charge in [0.1, 0.15) is 6.54 Å². The molecule has 3 aromatic rings. The summed E-state index contributed by atoms with van der Waals surface area (Å²) in [6.07, 6.45) is 3.71. The first-order chi connectivity index (χ1) is 16.5. The molecule has 0 saturated carbocycles. The first-order valence-electron chi connectivity index (χ1n) is 11.0. The van der Waals surface area contributed by atoms with Crippen molar-refractivity contribution >= 4 is 57.1 Å². The number of benzene rings is 2. The topological polar surface area (TPSA) is 93.2 Å². The number of morpholine rings is 1. The molecular formula is C25H25N5O3S. The highest BCUT2D eigenvalue weighted by molar-refractivity contribution is 8.18. The van der Waals surface area contributed by atoms with Gasteiger partial charge in [0, 0.05) is 48.5 Å². The van der Waals surface area contributed by atoms with E-state index in [1.807, 2.05) is 53.2 Å². The van der Waals surface area contributed by atoms with Gasteiger partial charge in [-0.05, 0) is 48.2 Å². The number of anilines is 1. The fourth-order valence-electron chi connectivity index (χ4n) is 4.15. The summed E-state index contributed by atoms with van der Waals surface area (Å²) in [6, 6.07) is 15.8. The molecule has 0 spiro atoms. The van der Waals surface area contributed by atoms with E-state index in [4.69, 9.17) is 15.5 Å². The molecule has 1 aromatic heterocycles. The van der Waals surface area contributed by atoms with Crippen LogP contribution in [0.3, 0.4) is 0 Å². The predicted octanol–water partition coefficient (Wildman–Crippen LogP) is 3.20. The van der Waals surface area contributed by atoms with Crippen molar-refractivity contribution < 1.29 is 14.3 Å². The number of likely N-dealkylation sites (N-methyl/N-ethyl adjacent to an activating group) is 1. The number of hydrogen-bond acceptors (Lipinski definition) is 6. The minimum Gasteiger partial charge on any atom is -0.378 e. The Bertz CT molecular complexity index is 1310. The number of carbonyl (C=O) groups excluding carboxylic acids is 2. The normalized spacial score (nSPS) is 19.0. The quantitative estimate of drug-likeness (QED) is 0.572. The van der Waals surface area contributed by atoms with Crippen LogP contribution in [-0.2, 0) is 20.9 Å². The Morgan fingerprint density at radius 3 is 2.62 bits per heavy atom. The standard InChI is InChI=1S/C25H25N5O3S/c1-28-24(32)22(14-17-15-30(16-23(26)31)21-5-3-2-4-20(17)21)34-25(28)27-18-6-8-19(9-7-18)29-10-12-33-13-11-29/h2-9,14-15H,10-13,16H2,1H3,(H2,26,31). The molecular weight excluding hydrogens is 450 g/mol. The first kappa shape index (κ1) is 22.2. The van der Waals surface area contributed by atoms with Gasteiger partial charge in [-0.25, -0.2) is 4.99 Å². The van der Waals surface area contributed by atoms with Crippen LogP contribution in [0.15, 0.2) is 64.6 Å². The van der Waals surface area contributed by atoms with Crippen LogP contribution < -0.4 is 10.6 Å². The fraction of sp³-hybridized carbons (Fsp3) is 0.240. The molecule has 0 bridgehead atoms. The second-order valence-electron chi connectivity index (χ2n) is 8.18. The average molecular weight is 476 g/mol. The molecule has 9 heteroatoms. The lowest BCUT2D eigenvalue weighted by Gasteiger charge is -2.28. The highest BCUT2D eigenvalue weighted by Gasteiger charge is 2.30. The van der Waals surface area contributed by atoms with Crippen LogP contribution in [-0.4, -0.2) is 59.8 Å². The van der Waals surface area contributed by atoms with E-state index in [0.29, 0.717) is 10.1 Å². The third-order valence-corrected chi connectivity index (χ3v) is 6.95. The number of amidine groups is 1. The van der Waals surface area contributed by atoms with Crippen molar-refractivity contribution in [3.8, 4) is 0 Å². The number of primary amides is 1.